The molecule has 5 nitrogen and oxygen atoms in total. The molecule has 0 atom stereocenters. The first-order chi connectivity index (χ1) is 13.0. The second-order valence-corrected chi connectivity index (χ2v) is 7.73. The molecule has 0 radical (unpaired) electrons. The zero-order chi connectivity index (χ0) is 19.2. The highest BCUT2D eigenvalue weighted by atomic mass is 35.5. The van der Waals surface area contributed by atoms with E-state index in [9.17, 15) is 4.79 Å². The molecule has 2 heterocycles. The number of anilines is 2. The first-order valence-corrected chi connectivity index (χ1v) is 9.90. The van der Waals surface area contributed by atoms with E-state index in [2.05, 4.69) is 35.1 Å². The van der Waals surface area contributed by atoms with E-state index in [0.29, 0.717) is 24.6 Å². The molecule has 1 amide bonds. The highest BCUT2D eigenvalue weighted by Gasteiger charge is 2.22. The van der Waals surface area contributed by atoms with Gasteiger partial charge in [-0.3, -0.25) is 4.79 Å². The highest BCUT2D eigenvalue weighted by Crippen LogP contribution is 2.21. The number of benzene rings is 1. The maximum absolute atomic E-state index is 12.9. The number of hydrogen-bond acceptors (Lipinski definition) is 4. The Morgan fingerprint density at radius 3 is 2.67 bits per heavy atom. The summed E-state index contributed by atoms with van der Waals surface area (Å²) in [5.74, 6) is 1.47. The van der Waals surface area contributed by atoms with Gasteiger partial charge in [-0.1, -0.05) is 31.5 Å². The second-order valence-electron chi connectivity index (χ2n) is 7.30. The molecule has 1 fully saturated rings. The van der Waals surface area contributed by atoms with Gasteiger partial charge in [0.05, 0.1) is 0 Å². The van der Waals surface area contributed by atoms with Crippen molar-refractivity contribution in [3.05, 3.63) is 53.2 Å². The van der Waals surface area contributed by atoms with Crippen LogP contribution in [0.2, 0.25) is 5.02 Å². The van der Waals surface area contributed by atoms with Crippen LogP contribution in [-0.4, -0.2) is 48.5 Å². The number of carbonyl (C=O) groups is 1. The van der Waals surface area contributed by atoms with Crippen molar-refractivity contribution in [2.75, 3.05) is 42.9 Å². The zero-order valence-corrected chi connectivity index (χ0v) is 16.7. The van der Waals surface area contributed by atoms with Crippen LogP contribution in [0.1, 0.15) is 30.6 Å². The third-order valence-electron chi connectivity index (χ3n) is 4.77. The number of piperazine rings is 1. The van der Waals surface area contributed by atoms with Gasteiger partial charge in [-0.15, -0.1) is 0 Å². The average Bonchev–Trinajstić information content (AvgIpc) is 2.67. The van der Waals surface area contributed by atoms with E-state index in [1.54, 1.807) is 12.3 Å². The van der Waals surface area contributed by atoms with Gasteiger partial charge >= 0.3 is 0 Å². The minimum absolute atomic E-state index is 0.0649. The summed E-state index contributed by atoms with van der Waals surface area (Å²) < 4.78 is 0. The van der Waals surface area contributed by atoms with E-state index in [4.69, 9.17) is 11.6 Å². The summed E-state index contributed by atoms with van der Waals surface area (Å²) in [6, 6.07) is 11.5. The van der Waals surface area contributed by atoms with E-state index in [1.165, 1.54) is 0 Å². The molecule has 27 heavy (non-hydrogen) atoms. The van der Waals surface area contributed by atoms with Gasteiger partial charge in [-0.05, 0) is 42.7 Å². The summed E-state index contributed by atoms with van der Waals surface area (Å²) in [5, 5.41) is 4.04. The molecule has 144 valence electrons. The molecule has 0 unspecified atom stereocenters. The van der Waals surface area contributed by atoms with E-state index in [1.807, 2.05) is 29.2 Å². The van der Waals surface area contributed by atoms with Crippen LogP contribution in [0.3, 0.4) is 0 Å². The minimum atomic E-state index is 0.0649. The van der Waals surface area contributed by atoms with Gasteiger partial charge in [0.15, 0.2) is 0 Å². The molecule has 2 aromatic rings. The molecule has 1 N–H and O–H groups in total. The van der Waals surface area contributed by atoms with Gasteiger partial charge in [-0.2, -0.15) is 0 Å². The van der Waals surface area contributed by atoms with E-state index in [-0.39, 0.29) is 5.91 Å². The van der Waals surface area contributed by atoms with Crippen molar-refractivity contribution in [2.24, 2.45) is 5.92 Å². The van der Waals surface area contributed by atoms with Crippen molar-refractivity contribution >= 4 is 29.0 Å². The van der Waals surface area contributed by atoms with Crippen molar-refractivity contribution < 1.29 is 4.79 Å². The quantitative estimate of drug-likeness (QED) is 0.809. The molecule has 1 aliphatic rings. The van der Waals surface area contributed by atoms with Gasteiger partial charge in [0.2, 0.25) is 0 Å². The van der Waals surface area contributed by atoms with Crippen LogP contribution >= 0.6 is 11.6 Å². The van der Waals surface area contributed by atoms with Crippen LogP contribution < -0.4 is 10.2 Å². The fourth-order valence-electron chi connectivity index (χ4n) is 3.17. The molecular weight excluding hydrogens is 360 g/mol. The lowest BCUT2D eigenvalue weighted by atomic mass is 10.1. The Hall–Kier alpha value is -2.27. The number of rotatable bonds is 6. The minimum Gasteiger partial charge on any atom is -0.370 e. The molecule has 3 rings (SSSR count). The normalized spacial score (nSPS) is 14.5. The maximum atomic E-state index is 12.9. The van der Waals surface area contributed by atoms with Crippen molar-refractivity contribution in [1.29, 1.82) is 0 Å². The second kappa shape index (κ2) is 9.09. The lowest BCUT2D eigenvalue weighted by Gasteiger charge is -2.36. The molecule has 1 saturated heterocycles. The first kappa shape index (κ1) is 19.5. The molecule has 0 bridgehead atoms. The van der Waals surface area contributed by atoms with Crippen LogP contribution in [0.25, 0.3) is 0 Å². The summed E-state index contributed by atoms with van der Waals surface area (Å²) >= 11 is 6.09. The molecule has 1 aliphatic heterocycles. The standard InChI is InChI=1S/C21H27ClN4O/c1-16(2)6-8-23-20-14-17(7-9-24-20)21(27)26-12-10-25(11-13-26)19-5-3-4-18(22)15-19/h3-5,7,9,14-16H,6,8,10-13H2,1-2H3,(H,23,24). The number of halogens is 1. The molecule has 0 spiro atoms. The number of hydrogen-bond donors (Lipinski definition) is 1. The van der Waals surface area contributed by atoms with Crippen molar-refractivity contribution in [1.82, 2.24) is 9.88 Å². The van der Waals surface area contributed by atoms with Crippen LogP contribution in [-0.2, 0) is 0 Å². The topological polar surface area (TPSA) is 48.5 Å². The molecular formula is C21H27ClN4O. The van der Waals surface area contributed by atoms with E-state index in [0.717, 1.165) is 42.6 Å². The Kier molecular flexibility index (Phi) is 6.56. The predicted octanol–water partition coefficient (Wildman–Crippen LogP) is 4.16. The van der Waals surface area contributed by atoms with Crippen LogP contribution in [0.15, 0.2) is 42.6 Å². The molecule has 1 aromatic heterocycles. The lowest BCUT2D eigenvalue weighted by Crippen LogP contribution is -2.48. The Bertz CT molecular complexity index is 772. The summed E-state index contributed by atoms with van der Waals surface area (Å²) in [4.78, 5) is 21.4. The predicted molar refractivity (Wildman–Crippen MR) is 112 cm³/mol. The molecule has 6 heteroatoms. The summed E-state index contributed by atoms with van der Waals surface area (Å²) in [6.07, 6.45) is 2.78. The number of aromatic nitrogens is 1. The Labute approximate surface area is 166 Å². The smallest absolute Gasteiger partial charge is 0.254 e. The fourth-order valence-corrected chi connectivity index (χ4v) is 3.36. The number of nitrogens with one attached hydrogen (secondary N) is 1. The summed E-state index contributed by atoms with van der Waals surface area (Å²) in [5.41, 5.74) is 1.79. The van der Waals surface area contributed by atoms with Gasteiger partial charge in [-0.25, -0.2) is 4.98 Å². The molecule has 0 aliphatic carbocycles. The van der Waals surface area contributed by atoms with Crippen LogP contribution in [0, 0.1) is 5.92 Å². The molecule has 1 aromatic carbocycles. The number of nitrogens with zero attached hydrogens (tertiary/aromatic N) is 3. The van der Waals surface area contributed by atoms with Crippen molar-refractivity contribution in [3.63, 3.8) is 0 Å². The van der Waals surface area contributed by atoms with Crippen molar-refractivity contribution in [2.45, 2.75) is 20.3 Å². The van der Waals surface area contributed by atoms with Gasteiger partial charge < -0.3 is 15.1 Å². The van der Waals surface area contributed by atoms with Crippen LogP contribution in [0.5, 0.6) is 0 Å². The third kappa shape index (κ3) is 5.36. The van der Waals surface area contributed by atoms with Gasteiger partial charge in [0.25, 0.3) is 5.91 Å². The first-order valence-electron chi connectivity index (χ1n) is 9.52. The maximum Gasteiger partial charge on any atom is 0.254 e. The fraction of sp³-hybridized carbons (Fsp3) is 0.429. The number of pyridine rings is 1. The summed E-state index contributed by atoms with van der Waals surface area (Å²) in [6.45, 7) is 8.25. The highest BCUT2D eigenvalue weighted by molar-refractivity contribution is 6.30. The Balaban J connectivity index is 1.57. The Morgan fingerprint density at radius 2 is 1.96 bits per heavy atom. The van der Waals surface area contributed by atoms with E-state index < -0.39 is 0 Å². The average molecular weight is 387 g/mol. The third-order valence-corrected chi connectivity index (χ3v) is 5.01. The monoisotopic (exact) mass is 386 g/mol. The van der Waals surface area contributed by atoms with Gasteiger partial charge in [0.1, 0.15) is 5.82 Å². The van der Waals surface area contributed by atoms with Crippen molar-refractivity contribution in [3.8, 4) is 0 Å². The number of amides is 1. The van der Waals surface area contributed by atoms with E-state index >= 15 is 0 Å². The van der Waals surface area contributed by atoms with Crippen LogP contribution in [0.4, 0.5) is 11.5 Å². The lowest BCUT2D eigenvalue weighted by molar-refractivity contribution is 0.0746. The summed E-state index contributed by atoms with van der Waals surface area (Å²) in [7, 11) is 0. The zero-order valence-electron chi connectivity index (χ0n) is 16.0. The Morgan fingerprint density at radius 1 is 1.19 bits per heavy atom. The molecule has 0 saturated carbocycles. The largest absolute Gasteiger partial charge is 0.370 e. The SMILES string of the molecule is CC(C)CCNc1cc(C(=O)N2CCN(c3cccc(Cl)c3)CC2)ccn1. The van der Waals surface area contributed by atoms with Gasteiger partial charge in [0, 0.05) is 55.2 Å². The number of carbonyl (C=O) groups excluding carboxylic acids is 1.